The van der Waals surface area contributed by atoms with Crippen molar-refractivity contribution < 1.29 is 32.9 Å². The number of hydrogen-bond donors (Lipinski definition) is 0. The van der Waals surface area contributed by atoms with Crippen molar-refractivity contribution in [1.29, 1.82) is 0 Å². The summed E-state index contributed by atoms with van der Waals surface area (Å²) < 4.78 is 214. The van der Waals surface area contributed by atoms with Gasteiger partial charge in [0.25, 0.3) is 0 Å². The van der Waals surface area contributed by atoms with Crippen LogP contribution in [0.5, 0.6) is 0 Å². The number of nitrogens with zero attached hydrogens (tertiary/aromatic N) is 4. The molecular weight excluding hydrogens is 673 g/mol. The fourth-order valence-electron chi connectivity index (χ4n) is 6.25. The highest BCUT2D eigenvalue weighted by Crippen LogP contribution is 2.47. The van der Waals surface area contributed by atoms with Crippen LogP contribution in [0.3, 0.4) is 0 Å². The summed E-state index contributed by atoms with van der Waals surface area (Å²) in [6.07, 6.45) is 0. The fourth-order valence-corrected chi connectivity index (χ4v) is 8.35. The first-order valence-corrected chi connectivity index (χ1v) is 17.0. The van der Waals surface area contributed by atoms with Crippen LogP contribution in [0.25, 0.3) is 102 Å². The van der Waals surface area contributed by atoms with Crippen molar-refractivity contribution >= 4 is 84.8 Å². The topological polar surface area (TPSA) is 43.6 Å². The van der Waals surface area contributed by atoms with E-state index < -0.39 is 168 Å². The summed E-state index contributed by atoms with van der Waals surface area (Å²) in [5.74, 6) is -1.72. The van der Waals surface area contributed by atoms with Crippen LogP contribution in [0.1, 0.15) is 38.5 Å². The molecule has 0 saturated carbocycles. The van der Waals surface area contributed by atoms with Crippen molar-refractivity contribution in [2.24, 2.45) is 0 Å². The molecule has 11 aromatic rings. The molecule has 52 heavy (non-hydrogen) atoms. The molecule has 7 aromatic carbocycles. The zero-order chi connectivity index (χ0) is 55.2. The number of rotatable bonds is 4. The van der Waals surface area contributed by atoms with Crippen LogP contribution in [0, 0.1) is 6.92 Å². The van der Waals surface area contributed by atoms with E-state index in [1.807, 2.05) is 0 Å². The Morgan fingerprint density at radius 3 is 1.88 bits per heavy atom. The van der Waals surface area contributed by atoms with Gasteiger partial charge in [0.05, 0.1) is 43.9 Å². The Morgan fingerprint density at radius 1 is 0.500 bits per heavy atom. The van der Waals surface area contributed by atoms with Gasteiger partial charge in [-0.25, -0.2) is 15.0 Å². The van der Waals surface area contributed by atoms with Crippen molar-refractivity contribution in [3.05, 3.63) is 157 Å². The maximum absolute atomic E-state index is 9.45. The van der Waals surface area contributed by atoms with Crippen molar-refractivity contribution in [3.8, 4) is 39.9 Å². The van der Waals surface area contributed by atoms with Gasteiger partial charge in [-0.3, -0.25) is 0 Å². The lowest BCUT2D eigenvalue weighted by molar-refractivity contribution is 1.08. The molecule has 4 heterocycles. The molecule has 244 valence electrons. The monoisotopic (exact) mass is 724 g/mol. The number of hydrogen-bond acceptors (Lipinski definition) is 5. The van der Waals surface area contributed by atoms with Crippen LogP contribution in [0.15, 0.2) is 151 Å². The molecule has 0 aliphatic heterocycles. The molecule has 0 unspecified atom stereocenters. The van der Waals surface area contributed by atoms with Crippen molar-refractivity contribution in [1.82, 2.24) is 19.5 Å². The van der Waals surface area contributed by atoms with Crippen molar-refractivity contribution in [3.63, 3.8) is 0 Å². The van der Waals surface area contributed by atoms with Gasteiger partial charge in [-0.15, -0.1) is 22.7 Å². The van der Waals surface area contributed by atoms with Gasteiger partial charge in [0.2, 0.25) is 0 Å². The number of thiophene rings is 2. The molecule has 0 bridgehead atoms. The third-order valence-corrected chi connectivity index (χ3v) is 10.6. The summed E-state index contributed by atoms with van der Waals surface area (Å²) in [7, 11) is 0. The predicted molar refractivity (Wildman–Crippen MR) is 221 cm³/mol. The summed E-state index contributed by atoms with van der Waals surface area (Å²) in [6, 6.07) is -14.1. The van der Waals surface area contributed by atoms with Gasteiger partial charge in [0.1, 0.15) is 0 Å². The van der Waals surface area contributed by atoms with E-state index in [-0.39, 0.29) is 85.0 Å². The molecule has 0 atom stereocenters. The molecule has 0 spiro atoms. The minimum atomic E-state index is -0.783. The van der Waals surface area contributed by atoms with E-state index in [0.29, 0.717) is 0 Å². The fraction of sp³-hybridized carbons (Fsp3) is 0.0217. The SMILES string of the molecule is [2H]c1c([2H])c([2H])c(-c2nc(-c3c([2H])c([2H])c([2H])c(C)c3[2H])nc(-c3c([2H])c([2H])c([2H])c4c3sc3c([2H])c([2H])c5sc6c([2H])c([2H])c(-n7c8c([2H])c([2H])c([2H])c([2H])c8c8c([2H])c([2H])c([2H])c([2H])c87)cc6c5c34)n2)c([2H])c1[2H]. The Bertz CT molecular complexity index is 4380. The highest BCUT2D eigenvalue weighted by molar-refractivity contribution is 7.28. The second-order valence-corrected chi connectivity index (χ2v) is 13.5. The molecule has 0 fully saturated rings. The molecule has 4 nitrogen and oxygen atoms in total. The van der Waals surface area contributed by atoms with Crippen LogP contribution in [-0.4, -0.2) is 19.5 Å². The maximum Gasteiger partial charge on any atom is 0.165 e. The van der Waals surface area contributed by atoms with Crippen LogP contribution in [0.4, 0.5) is 0 Å². The minimum absolute atomic E-state index is 0.00223. The van der Waals surface area contributed by atoms with E-state index >= 15 is 0 Å². The average Bonchev–Trinajstić information content (AvgIpc) is 4.13. The van der Waals surface area contributed by atoms with E-state index in [1.165, 1.54) is 13.0 Å². The number of aromatic nitrogens is 4. The molecule has 0 aliphatic rings. The molecule has 11 rings (SSSR count). The zero-order valence-corrected chi connectivity index (χ0v) is 27.8. The molecule has 4 aromatic heterocycles. The van der Waals surface area contributed by atoms with Gasteiger partial charge in [-0.1, -0.05) is 102 Å². The van der Waals surface area contributed by atoms with Crippen LogP contribution < -0.4 is 0 Å². The van der Waals surface area contributed by atoms with E-state index in [0.717, 1.165) is 27.2 Å². The highest BCUT2D eigenvalue weighted by atomic mass is 32.1. The van der Waals surface area contributed by atoms with E-state index in [1.54, 1.807) is 0 Å². The largest absolute Gasteiger partial charge is 0.309 e. The lowest BCUT2D eigenvalue weighted by atomic mass is 10.0. The Kier molecular flexibility index (Phi) is 3.16. The minimum Gasteiger partial charge on any atom is -0.309 e. The lowest BCUT2D eigenvalue weighted by Gasteiger charge is -2.09. The van der Waals surface area contributed by atoms with Gasteiger partial charge < -0.3 is 4.57 Å². The first-order chi connectivity index (χ1) is 35.7. The van der Waals surface area contributed by atoms with Crippen molar-refractivity contribution in [2.75, 3.05) is 0 Å². The van der Waals surface area contributed by atoms with Crippen molar-refractivity contribution in [2.45, 2.75) is 6.92 Å². The van der Waals surface area contributed by atoms with Crippen LogP contribution >= 0.6 is 22.7 Å². The molecule has 0 radical (unpaired) electrons. The standard InChI is InChI=1S/C46H28N4S2/c1-27-11-9-14-29(25-27)45-47-44(28-12-3-2-4-13-28)48-46(49-45)34-18-10-17-33-41-40(52-43(33)34)24-23-39-42(41)35-26-30(21-22-38(35)51-39)50-36-19-7-5-15-31(36)32-16-6-8-20-37(32)50/h2-26H,1H3/i2D,3D,4D,5D,6D,7D,8D,9D,10D,11D,12D,13D,14D,15D,16D,17D,18D,19D,20D,21D,22D,23D,24D,25D. The number of fused-ring (bicyclic) bond motifs is 10. The Labute approximate surface area is 340 Å². The molecule has 0 amide bonds. The Morgan fingerprint density at radius 2 is 1.10 bits per heavy atom. The second-order valence-electron chi connectivity index (χ2n) is 11.4. The summed E-state index contributed by atoms with van der Waals surface area (Å²) in [5.41, 5.74) is -2.35. The zero-order valence-electron chi connectivity index (χ0n) is 50.2. The third-order valence-electron chi connectivity index (χ3n) is 8.41. The summed E-state index contributed by atoms with van der Waals surface area (Å²) in [4.78, 5) is 13.5. The van der Waals surface area contributed by atoms with Gasteiger partial charge in [0.15, 0.2) is 17.5 Å². The van der Waals surface area contributed by atoms with E-state index in [4.69, 9.17) is 23.3 Å². The van der Waals surface area contributed by atoms with Gasteiger partial charge >= 0.3 is 0 Å². The van der Waals surface area contributed by atoms with Crippen LogP contribution in [-0.2, 0) is 0 Å². The lowest BCUT2D eigenvalue weighted by Crippen LogP contribution is -2.00. The summed E-state index contributed by atoms with van der Waals surface area (Å²) in [6.45, 7) is 1.35. The predicted octanol–water partition coefficient (Wildman–Crippen LogP) is 13.0. The molecule has 6 heteroatoms. The van der Waals surface area contributed by atoms with Gasteiger partial charge in [-0.2, -0.15) is 0 Å². The highest BCUT2D eigenvalue weighted by Gasteiger charge is 2.20. The van der Waals surface area contributed by atoms with E-state index in [2.05, 4.69) is 15.0 Å². The molecule has 0 N–H and O–H groups in total. The number of para-hydroxylation sites is 2. The first kappa shape index (κ1) is 14.4. The van der Waals surface area contributed by atoms with Gasteiger partial charge in [-0.05, 0) is 61.3 Å². The molecular formula is C46H28N4S2. The normalized spacial score (nSPS) is 18.4. The Hall–Kier alpha value is -6.21. The Balaban J connectivity index is 1.31. The molecule has 0 saturated heterocycles. The quantitative estimate of drug-likeness (QED) is 0.181. The maximum atomic E-state index is 9.45. The number of benzene rings is 7. The second kappa shape index (κ2) is 11.4. The third kappa shape index (κ3) is 4.48. The van der Waals surface area contributed by atoms with E-state index in [9.17, 15) is 9.60 Å². The van der Waals surface area contributed by atoms with Crippen LogP contribution in [0.2, 0.25) is 0 Å². The summed E-state index contributed by atoms with van der Waals surface area (Å²) >= 11 is 1.61. The molecule has 0 aliphatic carbocycles. The first-order valence-electron chi connectivity index (χ1n) is 27.4. The summed E-state index contributed by atoms with van der Waals surface area (Å²) in [5, 5.41) is -0.463. The average molecular weight is 725 g/mol. The smallest absolute Gasteiger partial charge is 0.165 e. The van der Waals surface area contributed by atoms with Gasteiger partial charge in [0, 0.05) is 73.5 Å².